The predicted molar refractivity (Wildman–Crippen MR) is 67.2 cm³/mol. The van der Waals surface area contributed by atoms with Crippen molar-refractivity contribution in [3.63, 3.8) is 0 Å². The third-order valence-corrected chi connectivity index (χ3v) is 3.62. The molecule has 0 aromatic rings. The van der Waals surface area contributed by atoms with Gasteiger partial charge < -0.3 is 15.2 Å². The first kappa shape index (κ1) is 15.0. The van der Waals surface area contributed by atoms with Crippen molar-refractivity contribution in [3.05, 3.63) is 0 Å². The number of hydrogen-bond donors (Lipinski definition) is 2. The Morgan fingerprint density at radius 1 is 1.44 bits per heavy atom. The van der Waals surface area contributed by atoms with Crippen LogP contribution in [0.2, 0.25) is 0 Å². The van der Waals surface area contributed by atoms with E-state index >= 15 is 0 Å². The standard InChI is InChI=1S/C13H23NO4/c1-3-4-10(11(15)16)9-14-12(17)13(5-6-13)7-8-18-2/h10H,3-9H2,1-2H3,(H,14,17)(H,15,16). The quantitative estimate of drug-likeness (QED) is 0.655. The van der Waals surface area contributed by atoms with Gasteiger partial charge in [0, 0.05) is 20.3 Å². The first-order valence-corrected chi connectivity index (χ1v) is 6.56. The number of rotatable bonds is 9. The summed E-state index contributed by atoms with van der Waals surface area (Å²) < 4.78 is 5.00. The van der Waals surface area contributed by atoms with Crippen LogP contribution in [0.1, 0.15) is 39.0 Å². The minimum Gasteiger partial charge on any atom is -0.481 e. The molecule has 0 spiro atoms. The average Bonchev–Trinajstić information content (AvgIpc) is 3.12. The van der Waals surface area contributed by atoms with Crippen molar-refractivity contribution in [2.45, 2.75) is 39.0 Å². The predicted octanol–water partition coefficient (Wildman–Crippen LogP) is 1.42. The fourth-order valence-electron chi connectivity index (χ4n) is 2.10. The molecule has 0 aromatic heterocycles. The highest BCUT2D eigenvalue weighted by Crippen LogP contribution is 2.48. The lowest BCUT2D eigenvalue weighted by Gasteiger charge is -2.17. The molecular weight excluding hydrogens is 234 g/mol. The zero-order valence-corrected chi connectivity index (χ0v) is 11.2. The fraction of sp³-hybridized carbons (Fsp3) is 0.846. The Balaban J connectivity index is 2.38. The molecule has 1 fully saturated rings. The van der Waals surface area contributed by atoms with Gasteiger partial charge in [0.05, 0.1) is 11.3 Å². The summed E-state index contributed by atoms with van der Waals surface area (Å²) in [6.45, 7) is 2.75. The molecule has 1 aliphatic rings. The summed E-state index contributed by atoms with van der Waals surface area (Å²) in [7, 11) is 1.62. The molecular formula is C13H23NO4. The molecule has 1 atom stereocenters. The highest BCUT2D eigenvalue weighted by Gasteiger charge is 2.49. The minimum atomic E-state index is -0.834. The van der Waals surface area contributed by atoms with E-state index in [1.807, 2.05) is 6.92 Å². The summed E-state index contributed by atoms with van der Waals surface area (Å²) >= 11 is 0. The second-order valence-corrected chi connectivity index (χ2v) is 5.06. The molecule has 0 bridgehead atoms. The second-order valence-electron chi connectivity index (χ2n) is 5.06. The number of amides is 1. The van der Waals surface area contributed by atoms with E-state index < -0.39 is 11.9 Å². The maximum Gasteiger partial charge on any atom is 0.308 e. The van der Waals surface area contributed by atoms with E-state index in [4.69, 9.17) is 9.84 Å². The highest BCUT2D eigenvalue weighted by atomic mass is 16.5. The Hall–Kier alpha value is -1.10. The monoisotopic (exact) mass is 257 g/mol. The molecule has 0 radical (unpaired) electrons. The van der Waals surface area contributed by atoms with Crippen molar-refractivity contribution in [2.24, 2.45) is 11.3 Å². The second kappa shape index (κ2) is 6.73. The number of methoxy groups -OCH3 is 1. The Bertz CT molecular complexity index is 299. The average molecular weight is 257 g/mol. The van der Waals surface area contributed by atoms with E-state index in [2.05, 4.69) is 5.32 Å². The lowest BCUT2D eigenvalue weighted by atomic mass is 10.00. The van der Waals surface area contributed by atoms with Crippen molar-refractivity contribution < 1.29 is 19.4 Å². The summed E-state index contributed by atoms with van der Waals surface area (Å²) in [6, 6.07) is 0. The summed E-state index contributed by atoms with van der Waals surface area (Å²) in [5.41, 5.74) is -0.286. The van der Waals surface area contributed by atoms with Gasteiger partial charge in [-0.1, -0.05) is 13.3 Å². The van der Waals surface area contributed by atoms with Crippen molar-refractivity contribution >= 4 is 11.9 Å². The molecule has 1 saturated carbocycles. The maximum atomic E-state index is 12.0. The van der Waals surface area contributed by atoms with Crippen LogP contribution in [0.4, 0.5) is 0 Å². The van der Waals surface area contributed by atoms with E-state index in [0.29, 0.717) is 13.0 Å². The van der Waals surface area contributed by atoms with E-state index in [1.54, 1.807) is 7.11 Å². The number of nitrogens with one attached hydrogen (secondary N) is 1. The van der Waals surface area contributed by atoms with Gasteiger partial charge in [0.2, 0.25) is 5.91 Å². The number of hydrogen-bond acceptors (Lipinski definition) is 3. The van der Waals surface area contributed by atoms with Crippen molar-refractivity contribution in [2.75, 3.05) is 20.3 Å². The third-order valence-electron chi connectivity index (χ3n) is 3.62. The van der Waals surface area contributed by atoms with Gasteiger partial charge in [0.25, 0.3) is 0 Å². The first-order chi connectivity index (χ1) is 8.55. The van der Waals surface area contributed by atoms with Crippen LogP contribution in [-0.4, -0.2) is 37.2 Å². The third kappa shape index (κ3) is 3.98. The van der Waals surface area contributed by atoms with E-state index in [9.17, 15) is 9.59 Å². The minimum absolute atomic E-state index is 0.0121. The van der Waals surface area contributed by atoms with Gasteiger partial charge >= 0.3 is 5.97 Å². The molecule has 0 saturated heterocycles. The Kier molecular flexibility index (Phi) is 5.59. The van der Waals surface area contributed by atoms with Crippen LogP contribution in [0.15, 0.2) is 0 Å². The van der Waals surface area contributed by atoms with Gasteiger partial charge in [0.15, 0.2) is 0 Å². The van der Waals surface area contributed by atoms with Gasteiger partial charge in [-0.2, -0.15) is 0 Å². The summed E-state index contributed by atoms with van der Waals surface area (Å²) in [5.74, 6) is -1.32. The largest absolute Gasteiger partial charge is 0.481 e. The van der Waals surface area contributed by atoms with E-state index in [-0.39, 0.29) is 17.9 Å². The molecule has 2 N–H and O–H groups in total. The van der Waals surface area contributed by atoms with Gasteiger partial charge in [-0.05, 0) is 25.7 Å². The van der Waals surface area contributed by atoms with Gasteiger partial charge in [-0.25, -0.2) is 0 Å². The number of carbonyl (C=O) groups excluding carboxylic acids is 1. The Morgan fingerprint density at radius 3 is 2.56 bits per heavy atom. The molecule has 5 heteroatoms. The van der Waals surface area contributed by atoms with Crippen LogP contribution < -0.4 is 5.32 Å². The lowest BCUT2D eigenvalue weighted by molar-refractivity contribution is -0.142. The zero-order valence-electron chi connectivity index (χ0n) is 11.2. The number of carboxylic acids is 1. The molecule has 104 valence electrons. The topological polar surface area (TPSA) is 75.6 Å². The normalized spacial score (nSPS) is 18.1. The molecule has 5 nitrogen and oxygen atoms in total. The smallest absolute Gasteiger partial charge is 0.308 e. The first-order valence-electron chi connectivity index (χ1n) is 6.56. The highest BCUT2D eigenvalue weighted by molar-refractivity contribution is 5.85. The van der Waals surface area contributed by atoms with Gasteiger partial charge in [-0.3, -0.25) is 9.59 Å². The molecule has 0 aromatic carbocycles. The van der Waals surface area contributed by atoms with Crippen molar-refractivity contribution in [3.8, 4) is 0 Å². The van der Waals surface area contributed by atoms with Crippen LogP contribution in [0.5, 0.6) is 0 Å². The SMILES string of the molecule is CCCC(CNC(=O)C1(CCOC)CC1)C(=O)O. The molecule has 1 unspecified atom stereocenters. The molecule has 1 aliphatic carbocycles. The summed E-state index contributed by atoms with van der Waals surface area (Å²) in [5, 5.41) is 11.8. The number of aliphatic carboxylic acids is 1. The molecule has 0 aliphatic heterocycles. The van der Waals surface area contributed by atoms with Crippen molar-refractivity contribution in [1.82, 2.24) is 5.32 Å². The summed E-state index contributed by atoms with van der Waals surface area (Å²) in [6.07, 6.45) is 3.89. The van der Waals surface area contributed by atoms with Gasteiger partial charge in [-0.15, -0.1) is 0 Å². The fourth-order valence-corrected chi connectivity index (χ4v) is 2.10. The van der Waals surface area contributed by atoms with Crippen LogP contribution in [0.3, 0.4) is 0 Å². The van der Waals surface area contributed by atoms with Gasteiger partial charge in [0.1, 0.15) is 0 Å². The Labute approximate surface area is 108 Å². The number of ether oxygens (including phenoxy) is 1. The van der Waals surface area contributed by atoms with Crippen LogP contribution in [0, 0.1) is 11.3 Å². The van der Waals surface area contributed by atoms with Crippen molar-refractivity contribution in [1.29, 1.82) is 0 Å². The molecule has 0 heterocycles. The zero-order chi connectivity index (χ0) is 13.6. The van der Waals surface area contributed by atoms with E-state index in [1.165, 1.54) is 0 Å². The summed E-state index contributed by atoms with van der Waals surface area (Å²) in [4.78, 5) is 23.0. The lowest BCUT2D eigenvalue weighted by Crippen LogP contribution is -2.38. The Morgan fingerprint density at radius 2 is 2.11 bits per heavy atom. The van der Waals surface area contributed by atoms with Crippen LogP contribution in [-0.2, 0) is 14.3 Å². The molecule has 18 heavy (non-hydrogen) atoms. The number of carbonyl (C=O) groups is 2. The molecule has 1 amide bonds. The van der Waals surface area contributed by atoms with Crippen LogP contribution >= 0.6 is 0 Å². The van der Waals surface area contributed by atoms with E-state index in [0.717, 1.165) is 25.7 Å². The maximum absolute atomic E-state index is 12.0. The molecule has 1 rings (SSSR count). The number of carboxylic acid groups (broad SMARTS) is 1. The van der Waals surface area contributed by atoms with Crippen LogP contribution in [0.25, 0.3) is 0 Å².